The molecule has 0 heterocycles. The molecule has 2 aromatic rings. The highest BCUT2D eigenvalue weighted by molar-refractivity contribution is 6.00. The van der Waals surface area contributed by atoms with Crippen LogP contribution in [0, 0.1) is 5.41 Å². The van der Waals surface area contributed by atoms with E-state index in [1.54, 1.807) is 0 Å². The van der Waals surface area contributed by atoms with Gasteiger partial charge in [-0.25, -0.2) is 0 Å². The van der Waals surface area contributed by atoms with E-state index >= 15 is 0 Å². The van der Waals surface area contributed by atoms with Gasteiger partial charge >= 0.3 is 0 Å². The summed E-state index contributed by atoms with van der Waals surface area (Å²) in [5, 5.41) is 0. The largest absolute Gasteiger partial charge is 0.294 e. The van der Waals surface area contributed by atoms with Gasteiger partial charge in [0, 0.05) is 17.9 Å². The van der Waals surface area contributed by atoms with Gasteiger partial charge in [0.2, 0.25) is 0 Å². The van der Waals surface area contributed by atoms with Crippen LogP contribution in [0.2, 0.25) is 0 Å². The molecule has 102 valence electrons. The summed E-state index contributed by atoms with van der Waals surface area (Å²) < 4.78 is 0. The topological polar surface area (TPSA) is 17.1 Å². The van der Waals surface area contributed by atoms with Gasteiger partial charge in [-0.1, -0.05) is 69.3 Å². The Kier molecular flexibility index (Phi) is 3.01. The van der Waals surface area contributed by atoms with Crippen molar-refractivity contribution in [3.8, 4) is 0 Å². The molecule has 1 unspecified atom stereocenters. The monoisotopic (exact) mass is 264 g/mol. The fraction of sp³-hybridized carbons (Fsp3) is 0.316. The lowest BCUT2D eigenvalue weighted by atomic mass is 9.71. The lowest BCUT2D eigenvalue weighted by Gasteiger charge is -2.32. The maximum atomic E-state index is 12.5. The van der Waals surface area contributed by atoms with Crippen LogP contribution in [0.25, 0.3) is 0 Å². The van der Waals surface area contributed by atoms with Crippen molar-refractivity contribution < 1.29 is 4.79 Å². The predicted octanol–water partition coefficient (Wildman–Crippen LogP) is 4.60. The molecule has 1 nitrogen and oxygen atoms in total. The average molecular weight is 264 g/mol. The average Bonchev–Trinajstić information content (AvgIpc) is 2.52. The molecule has 0 saturated heterocycles. The van der Waals surface area contributed by atoms with E-state index in [0.717, 1.165) is 5.56 Å². The minimum Gasteiger partial charge on any atom is -0.294 e. The van der Waals surface area contributed by atoms with Gasteiger partial charge in [0.15, 0.2) is 5.78 Å². The lowest BCUT2D eigenvalue weighted by Crippen LogP contribution is -2.21. The van der Waals surface area contributed by atoms with Gasteiger partial charge < -0.3 is 0 Å². The number of Topliss-reactive ketones (excluding diaryl/α,β-unsaturated/α-hetero) is 1. The Labute approximate surface area is 120 Å². The number of carbonyl (C=O) groups excluding carboxylic acids is 1. The first-order valence-corrected chi connectivity index (χ1v) is 7.18. The second-order valence-corrected chi connectivity index (χ2v) is 6.69. The molecule has 1 aliphatic carbocycles. The van der Waals surface area contributed by atoms with Crippen LogP contribution in [0.1, 0.15) is 53.7 Å². The fourth-order valence-electron chi connectivity index (χ4n) is 3.35. The van der Waals surface area contributed by atoms with Crippen LogP contribution in [0.3, 0.4) is 0 Å². The van der Waals surface area contributed by atoms with Crippen molar-refractivity contribution >= 4 is 5.78 Å². The van der Waals surface area contributed by atoms with Gasteiger partial charge in [-0.3, -0.25) is 4.79 Å². The molecule has 20 heavy (non-hydrogen) atoms. The number of hydrogen-bond acceptors (Lipinski definition) is 1. The Hall–Kier alpha value is -1.89. The quantitative estimate of drug-likeness (QED) is 0.679. The normalized spacial score (nSPS) is 18.1. The Balaban J connectivity index is 2.32. The molecule has 0 aromatic heterocycles. The van der Waals surface area contributed by atoms with E-state index in [9.17, 15) is 4.79 Å². The molecule has 0 radical (unpaired) electrons. The first kappa shape index (κ1) is 13.1. The van der Waals surface area contributed by atoms with Crippen molar-refractivity contribution in [2.24, 2.45) is 5.41 Å². The van der Waals surface area contributed by atoms with E-state index in [-0.39, 0.29) is 17.1 Å². The van der Waals surface area contributed by atoms with Crippen LogP contribution in [-0.4, -0.2) is 5.78 Å². The maximum absolute atomic E-state index is 12.5. The van der Waals surface area contributed by atoms with E-state index in [1.165, 1.54) is 16.7 Å². The van der Waals surface area contributed by atoms with Crippen LogP contribution in [0.5, 0.6) is 0 Å². The summed E-state index contributed by atoms with van der Waals surface area (Å²) in [4.78, 5) is 12.5. The summed E-state index contributed by atoms with van der Waals surface area (Å²) in [6.07, 6.45) is 0.514. The molecule has 1 aliphatic rings. The van der Waals surface area contributed by atoms with Gasteiger partial charge in [0.05, 0.1) is 0 Å². The summed E-state index contributed by atoms with van der Waals surface area (Å²) in [6.45, 7) is 6.75. The molecule has 2 aromatic carbocycles. The van der Waals surface area contributed by atoms with Crippen LogP contribution < -0.4 is 0 Å². The molecule has 1 atom stereocenters. The second kappa shape index (κ2) is 4.59. The molecule has 1 heteroatoms. The van der Waals surface area contributed by atoms with Crippen LogP contribution in [0.15, 0.2) is 48.5 Å². The zero-order valence-corrected chi connectivity index (χ0v) is 12.3. The summed E-state index contributed by atoms with van der Waals surface area (Å²) in [5.41, 5.74) is 4.63. The molecule has 0 spiro atoms. The van der Waals surface area contributed by atoms with E-state index in [1.807, 2.05) is 24.3 Å². The van der Waals surface area contributed by atoms with Gasteiger partial charge in [-0.05, 0) is 22.1 Å². The number of hydrogen-bond donors (Lipinski definition) is 0. The highest BCUT2D eigenvalue weighted by Crippen LogP contribution is 2.44. The summed E-state index contributed by atoms with van der Waals surface area (Å²) >= 11 is 0. The Morgan fingerprint density at radius 2 is 1.50 bits per heavy atom. The van der Waals surface area contributed by atoms with Crippen molar-refractivity contribution in [2.75, 3.05) is 0 Å². The van der Waals surface area contributed by atoms with Gasteiger partial charge in [0.1, 0.15) is 0 Å². The molecule has 0 bridgehead atoms. The second-order valence-electron chi connectivity index (χ2n) is 6.69. The number of benzene rings is 2. The summed E-state index contributed by atoms with van der Waals surface area (Å²) in [7, 11) is 0. The van der Waals surface area contributed by atoms with Crippen LogP contribution in [0.4, 0.5) is 0 Å². The van der Waals surface area contributed by atoms with E-state index in [0.29, 0.717) is 6.42 Å². The smallest absolute Gasteiger partial charge is 0.167 e. The van der Waals surface area contributed by atoms with Crippen molar-refractivity contribution in [1.29, 1.82) is 0 Å². The molecular formula is C19H20O. The van der Waals surface area contributed by atoms with Crippen LogP contribution >= 0.6 is 0 Å². The number of ketones is 1. The SMILES string of the molecule is CC(C)(C)C1c2ccccc2CC(=O)c2ccccc21. The maximum Gasteiger partial charge on any atom is 0.167 e. The highest BCUT2D eigenvalue weighted by atomic mass is 16.1. The molecule has 0 aliphatic heterocycles. The van der Waals surface area contributed by atoms with Crippen molar-refractivity contribution in [1.82, 2.24) is 0 Å². The third-order valence-electron chi connectivity index (χ3n) is 4.16. The molecular weight excluding hydrogens is 244 g/mol. The van der Waals surface area contributed by atoms with Crippen molar-refractivity contribution in [3.05, 3.63) is 70.8 Å². The summed E-state index contributed by atoms with van der Waals surface area (Å²) in [5.74, 6) is 0.501. The summed E-state index contributed by atoms with van der Waals surface area (Å²) in [6, 6.07) is 16.5. The standard InChI is InChI=1S/C19H20O/c1-19(2,3)18-14-9-5-4-8-13(14)12-17(20)15-10-6-7-11-16(15)18/h4-11,18H,12H2,1-3H3. The molecule has 0 fully saturated rings. The van der Waals surface area contributed by atoms with Crippen molar-refractivity contribution in [3.63, 3.8) is 0 Å². The Morgan fingerprint density at radius 3 is 2.20 bits per heavy atom. The zero-order valence-electron chi connectivity index (χ0n) is 12.3. The minimum absolute atomic E-state index is 0.0802. The lowest BCUT2D eigenvalue weighted by molar-refractivity contribution is 0.0993. The van der Waals surface area contributed by atoms with E-state index in [4.69, 9.17) is 0 Å². The molecule has 0 saturated carbocycles. The van der Waals surface area contributed by atoms with Crippen LogP contribution in [-0.2, 0) is 6.42 Å². The van der Waals surface area contributed by atoms with Gasteiger partial charge in [-0.15, -0.1) is 0 Å². The first-order chi connectivity index (χ1) is 9.48. The Morgan fingerprint density at radius 1 is 0.900 bits per heavy atom. The zero-order chi connectivity index (χ0) is 14.3. The number of rotatable bonds is 0. The fourth-order valence-corrected chi connectivity index (χ4v) is 3.35. The Bertz CT molecular complexity index is 661. The number of fused-ring (bicyclic) bond motifs is 2. The van der Waals surface area contributed by atoms with Gasteiger partial charge in [0.25, 0.3) is 0 Å². The third kappa shape index (κ3) is 2.07. The molecule has 3 rings (SSSR count). The molecule has 0 amide bonds. The predicted molar refractivity (Wildman–Crippen MR) is 82.2 cm³/mol. The van der Waals surface area contributed by atoms with Gasteiger partial charge in [-0.2, -0.15) is 0 Å². The number of carbonyl (C=O) groups is 1. The highest BCUT2D eigenvalue weighted by Gasteiger charge is 2.34. The molecule has 0 N–H and O–H groups in total. The minimum atomic E-state index is 0.0802. The first-order valence-electron chi connectivity index (χ1n) is 7.18. The van der Waals surface area contributed by atoms with E-state index in [2.05, 4.69) is 45.0 Å². The van der Waals surface area contributed by atoms with E-state index < -0.39 is 0 Å². The van der Waals surface area contributed by atoms with Crippen molar-refractivity contribution in [2.45, 2.75) is 33.1 Å². The third-order valence-corrected chi connectivity index (χ3v) is 4.16.